The smallest absolute Gasteiger partial charge is 0.125 e. The highest BCUT2D eigenvalue weighted by molar-refractivity contribution is 5.39. The zero-order valence-corrected chi connectivity index (χ0v) is 11.2. The largest absolute Gasteiger partial charge is 0.493 e. The summed E-state index contributed by atoms with van der Waals surface area (Å²) < 4.78 is 5.95. The molecule has 0 spiro atoms. The average Bonchev–Trinajstić information content (AvgIpc) is 2.69. The molecule has 0 aliphatic carbocycles. The van der Waals surface area contributed by atoms with Crippen LogP contribution in [0.1, 0.15) is 30.4 Å². The number of benzene rings is 1. The van der Waals surface area contributed by atoms with Crippen LogP contribution in [0.4, 0.5) is 0 Å². The predicted octanol–water partition coefficient (Wildman–Crippen LogP) is 3.17. The monoisotopic (exact) mass is 233 g/mol. The van der Waals surface area contributed by atoms with Gasteiger partial charge in [-0.1, -0.05) is 18.2 Å². The maximum absolute atomic E-state index is 5.95. The normalized spacial score (nSPS) is 20.8. The van der Waals surface area contributed by atoms with Crippen molar-refractivity contribution in [2.75, 3.05) is 20.2 Å². The number of hydrogen-bond donors (Lipinski definition) is 0. The van der Waals surface area contributed by atoms with Crippen molar-refractivity contribution in [2.24, 2.45) is 0 Å². The van der Waals surface area contributed by atoms with Gasteiger partial charge in [0.1, 0.15) is 5.75 Å². The summed E-state index contributed by atoms with van der Waals surface area (Å²) >= 11 is 0. The highest BCUT2D eigenvalue weighted by Gasteiger charge is 2.20. The van der Waals surface area contributed by atoms with Crippen molar-refractivity contribution in [3.63, 3.8) is 0 Å². The van der Waals surface area contributed by atoms with Crippen LogP contribution in [0, 0.1) is 13.8 Å². The Kier molecular flexibility index (Phi) is 4.06. The Labute approximate surface area is 105 Å². The van der Waals surface area contributed by atoms with E-state index in [0.29, 0.717) is 0 Å². The third-order valence-electron chi connectivity index (χ3n) is 3.78. The molecule has 1 atom stereocenters. The van der Waals surface area contributed by atoms with Crippen LogP contribution in [0.3, 0.4) is 0 Å². The molecule has 2 heteroatoms. The Hall–Kier alpha value is -1.02. The van der Waals surface area contributed by atoms with Crippen LogP contribution in [0.2, 0.25) is 0 Å². The third-order valence-corrected chi connectivity index (χ3v) is 3.78. The van der Waals surface area contributed by atoms with E-state index in [0.717, 1.165) is 24.8 Å². The summed E-state index contributed by atoms with van der Waals surface area (Å²) in [5.74, 6) is 1.08. The van der Waals surface area contributed by atoms with E-state index in [1.54, 1.807) is 0 Å². The fourth-order valence-electron chi connectivity index (χ4n) is 2.67. The van der Waals surface area contributed by atoms with Crippen molar-refractivity contribution in [2.45, 2.75) is 39.2 Å². The van der Waals surface area contributed by atoms with Crippen molar-refractivity contribution in [3.8, 4) is 5.75 Å². The van der Waals surface area contributed by atoms with E-state index in [4.69, 9.17) is 4.74 Å². The van der Waals surface area contributed by atoms with Crippen molar-refractivity contribution in [1.29, 1.82) is 0 Å². The van der Waals surface area contributed by atoms with Crippen molar-refractivity contribution < 1.29 is 4.74 Å². The van der Waals surface area contributed by atoms with E-state index in [9.17, 15) is 0 Å². The van der Waals surface area contributed by atoms with E-state index in [1.807, 2.05) is 0 Å². The van der Waals surface area contributed by atoms with Gasteiger partial charge in [-0.15, -0.1) is 0 Å². The second-order valence-electron chi connectivity index (χ2n) is 5.13. The minimum atomic E-state index is 0.722. The summed E-state index contributed by atoms with van der Waals surface area (Å²) in [5.41, 5.74) is 2.48. The first-order valence-corrected chi connectivity index (χ1v) is 6.57. The molecular weight excluding hydrogens is 210 g/mol. The van der Waals surface area contributed by atoms with Crippen LogP contribution in [-0.4, -0.2) is 31.1 Å². The Morgan fingerprint density at radius 2 is 2.00 bits per heavy atom. The molecule has 1 saturated heterocycles. The molecule has 2 rings (SSSR count). The van der Waals surface area contributed by atoms with Gasteiger partial charge in [-0.3, -0.25) is 0 Å². The fourth-order valence-corrected chi connectivity index (χ4v) is 2.67. The molecule has 0 aromatic heterocycles. The SMILES string of the molecule is Cc1cccc(C)c1OCC[C@H]1CCCN1C. The molecular formula is C15H23NO. The third kappa shape index (κ3) is 3.01. The molecule has 0 N–H and O–H groups in total. The number of para-hydroxylation sites is 1. The van der Waals surface area contributed by atoms with Crippen LogP contribution in [0.25, 0.3) is 0 Å². The summed E-state index contributed by atoms with van der Waals surface area (Å²) in [6, 6.07) is 7.04. The van der Waals surface area contributed by atoms with Gasteiger partial charge >= 0.3 is 0 Å². The van der Waals surface area contributed by atoms with Gasteiger partial charge in [0.15, 0.2) is 0 Å². The molecule has 1 aromatic carbocycles. The quantitative estimate of drug-likeness (QED) is 0.792. The lowest BCUT2D eigenvalue weighted by Gasteiger charge is -2.20. The fraction of sp³-hybridized carbons (Fsp3) is 0.600. The van der Waals surface area contributed by atoms with Gasteiger partial charge in [0.2, 0.25) is 0 Å². The molecule has 0 bridgehead atoms. The summed E-state index contributed by atoms with van der Waals surface area (Å²) in [6.07, 6.45) is 3.81. The van der Waals surface area contributed by atoms with Crippen LogP contribution >= 0.6 is 0 Å². The molecule has 0 unspecified atom stereocenters. The molecule has 1 fully saturated rings. The van der Waals surface area contributed by atoms with Crippen molar-refractivity contribution in [1.82, 2.24) is 4.90 Å². The maximum Gasteiger partial charge on any atom is 0.125 e. The minimum Gasteiger partial charge on any atom is -0.493 e. The lowest BCUT2D eigenvalue weighted by molar-refractivity contribution is 0.232. The van der Waals surface area contributed by atoms with E-state index >= 15 is 0 Å². The molecule has 94 valence electrons. The lowest BCUT2D eigenvalue weighted by atomic mass is 10.1. The summed E-state index contributed by atoms with van der Waals surface area (Å²) in [4.78, 5) is 2.45. The number of aryl methyl sites for hydroxylation is 2. The van der Waals surface area contributed by atoms with Crippen molar-refractivity contribution >= 4 is 0 Å². The highest BCUT2D eigenvalue weighted by atomic mass is 16.5. The summed E-state index contributed by atoms with van der Waals surface area (Å²) in [7, 11) is 2.22. The van der Waals surface area contributed by atoms with Crippen LogP contribution in [0.5, 0.6) is 5.75 Å². The highest BCUT2D eigenvalue weighted by Crippen LogP contribution is 2.23. The molecule has 17 heavy (non-hydrogen) atoms. The van der Waals surface area contributed by atoms with E-state index in [-0.39, 0.29) is 0 Å². The number of rotatable bonds is 4. The summed E-state index contributed by atoms with van der Waals surface area (Å²) in [6.45, 7) is 6.31. The van der Waals surface area contributed by atoms with Crippen LogP contribution < -0.4 is 4.74 Å². The standard InChI is InChI=1S/C15H23NO/c1-12-6-4-7-13(2)15(12)17-11-9-14-8-5-10-16(14)3/h4,6-7,14H,5,8-11H2,1-3H3/t14-/m1/s1. The van der Waals surface area contributed by atoms with Gasteiger partial charge in [-0.2, -0.15) is 0 Å². The molecule has 0 amide bonds. The van der Waals surface area contributed by atoms with Gasteiger partial charge in [-0.25, -0.2) is 0 Å². The number of hydrogen-bond acceptors (Lipinski definition) is 2. The number of likely N-dealkylation sites (tertiary alicyclic amines) is 1. The second-order valence-corrected chi connectivity index (χ2v) is 5.13. The Bertz CT molecular complexity index is 355. The first kappa shape index (κ1) is 12.4. The Morgan fingerprint density at radius 1 is 1.29 bits per heavy atom. The first-order valence-electron chi connectivity index (χ1n) is 6.57. The van der Waals surface area contributed by atoms with Crippen LogP contribution in [0.15, 0.2) is 18.2 Å². The topological polar surface area (TPSA) is 12.5 Å². The maximum atomic E-state index is 5.95. The molecule has 1 heterocycles. The first-order chi connectivity index (χ1) is 8.18. The zero-order chi connectivity index (χ0) is 12.3. The average molecular weight is 233 g/mol. The van der Waals surface area contributed by atoms with Gasteiger partial charge in [0, 0.05) is 6.04 Å². The van der Waals surface area contributed by atoms with Gasteiger partial charge in [-0.05, 0) is 57.8 Å². The Balaban J connectivity index is 1.86. The molecule has 1 aliphatic rings. The molecule has 0 radical (unpaired) electrons. The zero-order valence-electron chi connectivity index (χ0n) is 11.2. The van der Waals surface area contributed by atoms with Crippen LogP contribution in [-0.2, 0) is 0 Å². The number of nitrogens with zero attached hydrogens (tertiary/aromatic N) is 1. The Morgan fingerprint density at radius 3 is 2.59 bits per heavy atom. The van der Waals surface area contributed by atoms with E-state index in [1.165, 1.54) is 30.5 Å². The molecule has 1 aromatic rings. The van der Waals surface area contributed by atoms with Crippen molar-refractivity contribution in [3.05, 3.63) is 29.3 Å². The second kappa shape index (κ2) is 5.54. The predicted molar refractivity (Wildman–Crippen MR) is 71.7 cm³/mol. The summed E-state index contributed by atoms with van der Waals surface area (Å²) in [5, 5.41) is 0. The van der Waals surface area contributed by atoms with E-state index in [2.05, 4.69) is 44.0 Å². The van der Waals surface area contributed by atoms with Gasteiger partial charge in [0.25, 0.3) is 0 Å². The molecule has 2 nitrogen and oxygen atoms in total. The lowest BCUT2D eigenvalue weighted by Crippen LogP contribution is -2.26. The van der Waals surface area contributed by atoms with Gasteiger partial charge < -0.3 is 9.64 Å². The van der Waals surface area contributed by atoms with E-state index < -0.39 is 0 Å². The number of ether oxygens (including phenoxy) is 1. The van der Waals surface area contributed by atoms with Gasteiger partial charge in [0.05, 0.1) is 6.61 Å². The molecule has 0 saturated carbocycles. The minimum absolute atomic E-state index is 0.722. The molecule has 1 aliphatic heterocycles.